The molecule has 0 fully saturated rings. The average molecular weight is 295 g/mol. The summed E-state index contributed by atoms with van der Waals surface area (Å²) in [5.74, 6) is 0. The average Bonchev–Trinajstić information content (AvgIpc) is 2.89. The van der Waals surface area contributed by atoms with Crippen molar-refractivity contribution in [3.05, 3.63) is 70.9 Å². The number of nitrogens with one attached hydrogen (secondary N) is 1. The molecule has 1 atom stereocenters. The molecule has 1 heterocycles. The molecule has 1 unspecified atom stereocenters. The zero-order valence-corrected chi connectivity index (χ0v) is 12.3. The molecule has 0 amide bonds. The van der Waals surface area contributed by atoms with E-state index in [0.29, 0.717) is 6.04 Å². The second-order valence-corrected chi connectivity index (χ2v) is 5.93. The fourth-order valence-corrected chi connectivity index (χ4v) is 3.30. The van der Waals surface area contributed by atoms with Crippen LogP contribution in [0.5, 0.6) is 0 Å². The maximum atomic E-state index is 6.07. The summed E-state index contributed by atoms with van der Waals surface area (Å²) in [6.07, 6.45) is 4.02. The van der Waals surface area contributed by atoms with Gasteiger partial charge in [-0.05, 0) is 60.4 Å². The number of benzene rings is 2. The molecule has 21 heavy (non-hydrogen) atoms. The Morgan fingerprint density at radius 2 is 2.05 bits per heavy atom. The van der Waals surface area contributed by atoms with Crippen LogP contribution in [-0.2, 0) is 6.42 Å². The summed E-state index contributed by atoms with van der Waals surface area (Å²) >= 11 is 6.07. The number of rotatable bonds is 2. The lowest BCUT2D eigenvalue weighted by Crippen LogP contribution is -2.06. The molecular formula is C18H15ClN2. The highest BCUT2D eigenvalue weighted by Crippen LogP contribution is 2.35. The first kappa shape index (κ1) is 12.7. The van der Waals surface area contributed by atoms with E-state index in [1.54, 1.807) is 0 Å². The van der Waals surface area contributed by atoms with Crippen molar-refractivity contribution in [2.45, 2.75) is 18.9 Å². The van der Waals surface area contributed by atoms with Crippen molar-refractivity contribution < 1.29 is 0 Å². The van der Waals surface area contributed by atoms with E-state index in [4.69, 9.17) is 11.6 Å². The van der Waals surface area contributed by atoms with E-state index in [1.807, 2.05) is 18.3 Å². The molecule has 104 valence electrons. The lowest BCUT2D eigenvalue weighted by atomic mass is 10.1. The molecule has 4 rings (SSSR count). The summed E-state index contributed by atoms with van der Waals surface area (Å²) < 4.78 is 0. The summed E-state index contributed by atoms with van der Waals surface area (Å²) in [6, 6.07) is 17.0. The van der Waals surface area contributed by atoms with E-state index >= 15 is 0 Å². The van der Waals surface area contributed by atoms with Crippen molar-refractivity contribution in [1.29, 1.82) is 0 Å². The van der Waals surface area contributed by atoms with Crippen LogP contribution in [0.15, 0.2) is 54.7 Å². The molecule has 1 N–H and O–H groups in total. The minimum absolute atomic E-state index is 0.367. The Balaban J connectivity index is 1.64. The Kier molecular flexibility index (Phi) is 3.04. The van der Waals surface area contributed by atoms with Crippen LogP contribution < -0.4 is 5.32 Å². The van der Waals surface area contributed by atoms with Crippen LogP contribution >= 0.6 is 11.6 Å². The van der Waals surface area contributed by atoms with Crippen molar-refractivity contribution in [2.24, 2.45) is 0 Å². The van der Waals surface area contributed by atoms with Gasteiger partial charge in [-0.2, -0.15) is 0 Å². The van der Waals surface area contributed by atoms with Gasteiger partial charge in [-0.1, -0.05) is 23.7 Å². The highest BCUT2D eigenvalue weighted by Gasteiger charge is 2.22. The Morgan fingerprint density at radius 1 is 1.10 bits per heavy atom. The van der Waals surface area contributed by atoms with Crippen LogP contribution in [0.25, 0.3) is 10.9 Å². The molecule has 0 saturated heterocycles. The quantitative estimate of drug-likeness (QED) is 0.720. The van der Waals surface area contributed by atoms with E-state index in [0.717, 1.165) is 34.5 Å². The Bertz CT molecular complexity index is 813. The van der Waals surface area contributed by atoms with Gasteiger partial charge in [0.05, 0.1) is 11.6 Å². The first-order valence-electron chi connectivity index (χ1n) is 7.19. The van der Waals surface area contributed by atoms with Gasteiger partial charge in [0.25, 0.3) is 0 Å². The zero-order chi connectivity index (χ0) is 14.2. The van der Waals surface area contributed by atoms with Gasteiger partial charge in [-0.25, -0.2) is 0 Å². The van der Waals surface area contributed by atoms with Gasteiger partial charge in [0.15, 0.2) is 0 Å². The smallest absolute Gasteiger partial charge is 0.0703 e. The van der Waals surface area contributed by atoms with Crippen LogP contribution in [0.3, 0.4) is 0 Å². The molecule has 1 aliphatic carbocycles. The summed E-state index contributed by atoms with van der Waals surface area (Å²) in [7, 11) is 0. The minimum Gasteiger partial charge on any atom is -0.378 e. The third-order valence-electron chi connectivity index (χ3n) is 4.13. The molecule has 0 saturated carbocycles. The van der Waals surface area contributed by atoms with E-state index in [1.165, 1.54) is 11.1 Å². The van der Waals surface area contributed by atoms with Gasteiger partial charge >= 0.3 is 0 Å². The van der Waals surface area contributed by atoms with E-state index < -0.39 is 0 Å². The van der Waals surface area contributed by atoms with Crippen molar-refractivity contribution in [2.75, 3.05) is 5.32 Å². The van der Waals surface area contributed by atoms with Crippen LogP contribution in [0.4, 0.5) is 5.69 Å². The molecule has 3 aromatic rings. The number of hydrogen-bond donors (Lipinski definition) is 1. The maximum absolute atomic E-state index is 6.07. The fourth-order valence-electron chi connectivity index (χ4n) is 3.10. The number of hydrogen-bond acceptors (Lipinski definition) is 2. The van der Waals surface area contributed by atoms with E-state index in [9.17, 15) is 0 Å². The largest absolute Gasteiger partial charge is 0.378 e. The SMILES string of the molecule is Clc1ccc2c(c1)CCC2Nc1ccc2ncccc2c1. The van der Waals surface area contributed by atoms with Crippen LogP contribution in [0.2, 0.25) is 5.02 Å². The first-order valence-corrected chi connectivity index (χ1v) is 7.57. The second kappa shape index (κ2) is 5.05. The standard InChI is InChI=1S/C18H15ClN2/c19-14-4-6-16-12(10-14)3-7-18(16)21-15-5-8-17-13(11-15)2-1-9-20-17/h1-2,4-6,8-11,18,21H,3,7H2. The Morgan fingerprint density at radius 3 is 3.00 bits per heavy atom. The third-order valence-corrected chi connectivity index (χ3v) is 4.36. The number of fused-ring (bicyclic) bond motifs is 2. The number of nitrogens with zero attached hydrogens (tertiary/aromatic N) is 1. The highest BCUT2D eigenvalue weighted by atomic mass is 35.5. The summed E-state index contributed by atoms with van der Waals surface area (Å²) in [5, 5.41) is 5.63. The molecule has 2 aromatic carbocycles. The topological polar surface area (TPSA) is 24.9 Å². The third kappa shape index (κ3) is 2.36. The van der Waals surface area contributed by atoms with Gasteiger partial charge in [-0.3, -0.25) is 4.98 Å². The normalized spacial score (nSPS) is 16.9. The fraction of sp³-hybridized carbons (Fsp3) is 0.167. The lowest BCUT2D eigenvalue weighted by molar-refractivity contribution is 0.762. The monoisotopic (exact) mass is 294 g/mol. The first-order chi connectivity index (χ1) is 10.3. The number of aromatic nitrogens is 1. The Labute approximate surface area is 128 Å². The number of pyridine rings is 1. The summed E-state index contributed by atoms with van der Waals surface area (Å²) in [5.41, 5.74) is 4.90. The lowest BCUT2D eigenvalue weighted by Gasteiger charge is -2.16. The van der Waals surface area contributed by atoms with Gasteiger partial charge in [0, 0.05) is 22.3 Å². The highest BCUT2D eigenvalue weighted by molar-refractivity contribution is 6.30. The molecule has 0 spiro atoms. The van der Waals surface area contributed by atoms with E-state index in [-0.39, 0.29) is 0 Å². The number of halogens is 1. The van der Waals surface area contributed by atoms with Crippen molar-refractivity contribution in [3.8, 4) is 0 Å². The predicted octanol–water partition coefficient (Wildman–Crippen LogP) is 4.99. The van der Waals surface area contributed by atoms with Crippen molar-refractivity contribution in [3.63, 3.8) is 0 Å². The van der Waals surface area contributed by atoms with Crippen LogP contribution in [0, 0.1) is 0 Å². The van der Waals surface area contributed by atoms with Gasteiger partial charge in [-0.15, -0.1) is 0 Å². The molecule has 0 aliphatic heterocycles. The van der Waals surface area contributed by atoms with Gasteiger partial charge in [0.1, 0.15) is 0 Å². The minimum atomic E-state index is 0.367. The number of anilines is 1. The van der Waals surface area contributed by atoms with Crippen LogP contribution in [-0.4, -0.2) is 4.98 Å². The molecular weight excluding hydrogens is 280 g/mol. The molecule has 0 radical (unpaired) electrons. The molecule has 2 nitrogen and oxygen atoms in total. The predicted molar refractivity (Wildman–Crippen MR) is 87.9 cm³/mol. The molecule has 1 aromatic heterocycles. The molecule has 3 heteroatoms. The van der Waals surface area contributed by atoms with Crippen molar-refractivity contribution >= 4 is 28.2 Å². The zero-order valence-electron chi connectivity index (χ0n) is 11.5. The summed E-state index contributed by atoms with van der Waals surface area (Å²) in [6.45, 7) is 0. The molecule has 0 bridgehead atoms. The maximum Gasteiger partial charge on any atom is 0.0703 e. The Hall–Kier alpha value is -2.06. The van der Waals surface area contributed by atoms with Gasteiger partial charge in [0.2, 0.25) is 0 Å². The van der Waals surface area contributed by atoms with E-state index in [2.05, 4.69) is 46.7 Å². The second-order valence-electron chi connectivity index (χ2n) is 5.49. The summed E-state index contributed by atoms with van der Waals surface area (Å²) in [4.78, 5) is 4.36. The van der Waals surface area contributed by atoms with Gasteiger partial charge < -0.3 is 5.32 Å². The number of aryl methyl sites for hydroxylation is 1. The van der Waals surface area contributed by atoms with Crippen molar-refractivity contribution in [1.82, 2.24) is 4.98 Å². The molecule has 1 aliphatic rings. The van der Waals surface area contributed by atoms with Crippen LogP contribution in [0.1, 0.15) is 23.6 Å².